The van der Waals surface area contributed by atoms with Crippen molar-refractivity contribution in [1.29, 1.82) is 0 Å². The molecular formula is C37H50FNO9. The van der Waals surface area contributed by atoms with E-state index in [-0.39, 0.29) is 36.8 Å². The van der Waals surface area contributed by atoms with Crippen LogP contribution < -0.4 is 9.64 Å². The Morgan fingerprint density at radius 3 is 2.40 bits per heavy atom. The molecule has 264 valence electrons. The first-order chi connectivity index (χ1) is 22.5. The first-order valence-corrected chi connectivity index (χ1v) is 16.2. The molecule has 2 aromatic carbocycles. The van der Waals surface area contributed by atoms with Crippen LogP contribution >= 0.6 is 0 Å². The number of fused-ring (bicyclic) bond motifs is 1. The molecule has 0 aliphatic carbocycles. The number of ether oxygens (including phenoxy) is 5. The van der Waals surface area contributed by atoms with Crippen molar-refractivity contribution in [2.75, 3.05) is 18.6 Å². The lowest BCUT2D eigenvalue weighted by Crippen LogP contribution is -2.43. The number of aromatic hydroxyl groups is 1. The largest absolute Gasteiger partial charge is 0.507 e. The van der Waals surface area contributed by atoms with Gasteiger partial charge in [0, 0.05) is 18.5 Å². The topological polar surface area (TPSA) is 124 Å². The Hall–Kier alpha value is -3.93. The minimum atomic E-state index is -1.29. The summed E-state index contributed by atoms with van der Waals surface area (Å²) < 4.78 is 44.8. The Balaban J connectivity index is 2.07. The van der Waals surface area contributed by atoms with Crippen molar-refractivity contribution in [2.45, 2.75) is 105 Å². The molecule has 0 fully saturated rings. The molecule has 0 spiro atoms. The summed E-state index contributed by atoms with van der Waals surface area (Å²) in [6.07, 6.45) is -1.07. The molecule has 2 aromatic rings. The third kappa shape index (κ3) is 10.5. The number of nitrogens with zero attached hydrogens (tertiary/aromatic N) is 1. The van der Waals surface area contributed by atoms with E-state index in [2.05, 4.69) is 0 Å². The lowest BCUT2D eigenvalue weighted by molar-refractivity contribution is -0.135. The molecule has 2 N–H and O–H groups in total. The summed E-state index contributed by atoms with van der Waals surface area (Å²) in [5.74, 6) is -1.90. The summed E-state index contributed by atoms with van der Waals surface area (Å²) >= 11 is 0. The number of halogens is 1. The number of cyclic esters (lactones) is 1. The van der Waals surface area contributed by atoms with Crippen molar-refractivity contribution in [3.05, 3.63) is 71.1 Å². The van der Waals surface area contributed by atoms with Crippen LogP contribution in [0.2, 0.25) is 0 Å². The van der Waals surface area contributed by atoms with Crippen LogP contribution in [0.25, 0.3) is 6.08 Å². The Morgan fingerprint density at radius 1 is 1.15 bits per heavy atom. The van der Waals surface area contributed by atoms with E-state index in [0.29, 0.717) is 11.4 Å². The summed E-state index contributed by atoms with van der Waals surface area (Å²) in [7, 11) is 1.56. The van der Waals surface area contributed by atoms with Crippen LogP contribution in [0.15, 0.2) is 54.4 Å². The predicted octanol–water partition coefficient (Wildman–Crippen LogP) is 7.35. The van der Waals surface area contributed by atoms with E-state index in [9.17, 15) is 19.8 Å². The number of carbonyl (C=O) groups excluding carboxylic acids is 2. The minimum absolute atomic E-state index is 0.0242. The summed E-state index contributed by atoms with van der Waals surface area (Å²) in [6.45, 7) is 14.1. The van der Waals surface area contributed by atoms with Gasteiger partial charge in [0.25, 0.3) is 0 Å². The second kappa shape index (κ2) is 16.9. The van der Waals surface area contributed by atoms with Gasteiger partial charge in [-0.25, -0.2) is 14.0 Å². The molecule has 0 saturated carbocycles. The zero-order valence-corrected chi connectivity index (χ0v) is 29.4. The molecule has 3 rings (SSSR count). The SMILES string of the molecule is CCN(C(=O)OC(C)(C)C)c1cc(O)c2c(c1)/C=C/C[C@H](O)[C@H](OC(C)C)[C@H](OCc1ccc(OC)cc1)/C(F)=C\[C@@H](C)[C@H](C)OC2=O. The molecule has 1 aliphatic rings. The van der Waals surface area contributed by atoms with Crippen LogP contribution in [-0.2, 0) is 25.6 Å². The van der Waals surface area contributed by atoms with Crippen LogP contribution in [0.1, 0.15) is 83.3 Å². The number of amides is 1. The Morgan fingerprint density at radius 2 is 1.81 bits per heavy atom. The average Bonchev–Trinajstić information content (AvgIpc) is 2.99. The number of rotatable bonds is 8. The van der Waals surface area contributed by atoms with Gasteiger partial charge in [-0.3, -0.25) is 4.90 Å². The van der Waals surface area contributed by atoms with Gasteiger partial charge < -0.3 is 33.9 Å². The van der Waals surface area contributed by atoms with Crippen LogP contribution in [-0.4, -0.2) is 72.1 Å². The van der Waals surface area contributed by atoms with Gasteiger partial charge in [0.15, 0.2) is 0 Å². The third-order valence-electron chi connectivity index (χ3n) is 7.68. The maximum absolute atomic E-state index is 16.1. The van der Waals surface area contributed by atoms with Crippen LogP contribution in [0.3, 0.4) is 0 Å². The summed E-state index contributed by atoms with van der Waals surface area (Å²) in [4.78, 5) is 27.8. The Kier molecular flexibility index (Phi) is 13.6. The highest BCUT2D eigenvalue weighted by atomic mass is 19.1. The summed E-state index contributed by atoms with van der Waals surface area (Å²) in [5.41, 5.74) is 0.404. The van der Waals surface area contributed by atoms with Crippen molar-refractivity contribution in [1.82, 2.24) is 0 Å². The summed E-state index contributed by atoms with van der Waals surface area (Å²) in [5, 5.41) is 22.5. The van der Waals surface area contributed by atoms with Gasteiger partial charge in [0.1, 0.15) is 46.8 Å². The second-order valence-electron chi connectivity index (χ2n) is 13.1. The smallest absolute Gasteiger partial charge is 0.414 e. The number of methoxy groups -OCH3 is 1. The molecule has 1 aliphatic heterocycles. The van der Waals surface area contributed by atoms with E-state index in [4.69, 9.17) is 23.7 Å². The molecule has 10 nitrogen and oxygen atoms in total. The zero-order valence-electron chi connectivity index (χ0n) is 29.4. The van der Waals surface area contributed by atoms with Crippen molar-refractivity contribution in [2.24, 2.45) is 5.92 Å². The van der Waals surface area contributed by atoms with E-state index < -0.39 is 59.6 Å². The molecule has 0 radical (unpaired) electrons. The second-order valence-corrected chi connectivity index (χ2v) is 13.1. The highest BCUT2D eigenvalue weighted by molar-refractivity contribution is 5.99. The number of phenols is 1. The molecule has 5 atom stereocenters. The molecule has 1 heterocycles. The van der Waals surface area contributed by atoms with E-state index in [0.717, 1.165) is 5.56 Å². The fourth-order valence-electron chi connectivity index (χ4n) is 5.08. The molecule has 0 unspecified atom stereocenters. The monoisotopic (exact) mass is 671 g/mol. The fourth-order valence-corrected chi connectivity index (χ4v) is 5.08. The normalized spacial score (nSPS) is 24.0. The first-order valence-electron chi connectivity index (χ1n) is 16.2. The molecule has 0 aromatic heterocycles. The molecule has 1 amide bonds. The molecule has 0 bridgehead atoms. The summed E-state index contributed by atoms with van der Waals surface area (Å²) in [6, 6.07) is 10.0. The highest BCUT2D eigenvalue weighted by Gasteiger charge is 2.35. The van der Waals surface area contributed by atoms with Gasteiger partial charge in [-0.1, -0.05) is 31.2 Å². The molecular weight excluding hydrogens is 621 g/mol. The molecule has 0 saturated heterocycles. The number of aliphatic hydroxyl groups is 1. The van der Waals surface area contributed by atoms with Gasteiger partial charge in [-0.2, -0.15) is 0 Å². The number of benzene rings is 2. The van der Waals surface area contributed by atoms with Crippen LogP contribution in [0.5, 0.6) is 11.5 Å². The number of esters is 1. The van der Waals surface area contributed by atoms with E-state index in [1.165, 1.54) is 23.1 Å². The van der Waals surface area contributed by atoms with Gasteiger partial charge >= 0.3 is 12.1 Å². The maximum atomic E-state index is 16.1. The van der Waals surface area contributed by atoms with Gasteiger partial charge in [0.2, 0.25) is 0 Å². The number of hydrogen-bond acceptors (Lipinski definition) is 9. The maximum Gasteiger partial charge on any atom is 0.414 e. The van der Waals surface area contributed by atoms with E-state index >= 15 is 4.39 Å². The number of phenolic OH excluding ortho intramolecular Hbond substituents is 1. The average molecular weight is 672 g/mol. The fraction of sp³-hybridized carbons (Fsp3) is 0.514. The van der Waals surface area contributed by atoms with Gasteiger partial charge in [-0.05, 0) is 90.3 Å². The van der Waals surface area contributed by atoms with Crippen molar-refractivity contribution >= 4 is 23.8 Å². The van der Waals surface area contributed by atoms with Crippen LogP contribution in [0, 0.1) is 5.92 Å². The standard InChI is InChI=1S/C37H50FNO9/c1-10-39(36(43)48-37(6,7)8)27-19-26-12-11-13-30(40)34(46-22(2)3)33(45-21-25-14-16-28(44-9)17-15-25)29(38)18-23(4)24(5)47-35(42)32(26)31(41)20-27/h11-12,14-20,22-24,30,33-34,40-41H,10,13,21H2,1-9H3/b12-11+,29-18+/t23-,24+,30+,33-,34+/m1/s1. The van der Waals surface area contributed by atoms with E-state index in [1.807, 2.05) is 0 Å². The number of carbonyl (C=O) groups is 2. The van der Waals surface area contributed by atoms with Crippen molar-refractivity contribution in [3.8, 4) is 11.5 Å². The number of anilines is 1. The molecule has 11 heteroatoms. The Bertz CT molecular complexity index is 1450. The first kappa shape index (κ1) is 38.5. The third-order valence-corrected chi connectivity index (χ3v) is 7.68. The highest BCUT2D eigenvalue weighted by Crippen LogP contribution is 2.33. The van der Waals surface area contributed by atoms with Crippen molar-refractivity contribution in [3.63, 3.8) is 0 Å². The van der Waals surface area contributed by atoms with E-state index in [1.54, 1.807) is 98.9 Å². The number of hydrogen-bond donors (Lipinski definition) is 2. The Labute approximate surface area is 283 Å². The van der Waals surface area contributed by atoms with Gasteiger partial charge in [0.05, 0.1) is 31.6 Å². The predicted molar refractivity (Wildman–Crippen MR) is 182 cm³/mol. The minimum Gasteiger partial charge on any atom is -0.507 e. The lowest BCUT2D eigenvalue weighted by atomic mass is 9.97. The van der Waals surface area contributed by atoms with Crippen molar-refractivity contribution < 1.29 is 47.9 Å². The zero-order chi connectivity index (χ0) is 35.8. The number of aliphatic hydroxyl groups excluding tert-OH is 1. The van der Waals surface area contributed by atoms with Crippen LogP contribution in [0.4, 0.5) is 14.9 Å². The lowest BCUT2D eigenvalue weighted by Gasteiger charge is -2.32. The quantitative estimate of drug-likeness (QED) is 0.277. The van der Waals surface area contributed by atoms with Gasteiger partial charge in [-0.15, -0.1) is 0 Å². The molecule has 48 heavy (non-hydrogen) atoms.